The first-order valence-electron chi connectivity index (χ1n) is 12.7. The lowest BCUT2D eigenvalue weighted by Crippen LogP contribution is -2.51. The van der Waals surface area contributed by atoms with Gasteiger partial charge in [0.2, 0.25) is 0 Å². The Kier molecular flexibility index (Phi) is 8.15. The summed E-state index contributed by atoms with van der Waals surface area (Å²) >= 11 is 0. The van der Waals surface area contributed by atoms with Crippen molar-refractivity contribution in [2.45, 2.75) is 63.9 Å². The van der Waals surface area contributed by atoms with Crippen LogP contribution in [0.3, 0.4) is 0 Å². The summed E-state index contributed by atoms with van der Waals surface area (Å²) in [5.74, 6) is -0.735. The van der Waals surface area contributed by atoms with E-state index in [1.807, 2.05) is 58.0 Å². The van der Waals surface area contributed by atoms with Crippen LogP contribution < -0.4 is 10.1 Å². The maximum atomic E-state index is 13.4. The molecule has 0 radical (unpaired) electrons. The predicted molar refractivity (Wildman–Crippen MR) is 138 cm³/mol. The van der Waals surface area contributed by atoms with Crippen LogP contribution in [0.1, 0.15) is 63.0 Å². The van der Waals surface area contributed by atoms with Crippen molar-refractivity contribution in [3.05, 3.63) is 65.5 Å². The van der Waals surface area contributed by atoms with E-state index in [1.54, 1.807) is 17.0 Å². The Balaban J connectivity index is 1.60. The topological polar surface area (TPSA) is 94.4 Å². The smallest absolute Gasteiger partial charge is 0.453 e. The molecule has 0 saturated carbocycles. The molecule has 1 aliphatic heterocycles. The van der Waals surface area contributed by atoms with E-state index >= 15 is 0 Å². The summed E-state index contributed by atoms with van der Waals surface area (Å²) < 4.78 is 52.1. The van der Waals surface area contributed by atoms with Gasteiger partial charge in [-0.25, -0.2) is 4.79 Å². The number of piperidine rings is 1. The van der Waals surface area contributed by atoms with Crippen LogP contribution in [0.25, 0.3) is 5.69 Å². The lowest BCUT2D eigenvalue weighted by atomic mass is 9.85. The Bertz CT molecular complexity index is 1280. The van der Waals surface area contributed by atoms with Gasteiger partial charge in [0.05, 0.1) is 12.8 Å². The minimum Gasteiger partial charge on any atom is -0.496 e. The Labute approximate surface area is 225 Å². The zero-order chi connectivity index (χ0) is 28.4. The molecule has 12 heteroatoms. The Morgan fingerprint density at radius 2 is 1.85 bits per heavy atom. The van der Waals surface area contributed by atoms with Gasteiger partial charge in [-0.3, -0.25) is 0 Å². The number of likely N-dealkylation sites (tertiary alicyclic amines) is 1. The first kappa shape index (κ1) is 28.3. The van der Waals surface area contributed by atoms with Gasteiger partial charge in [0.1, 0.15) is 11.4 Å². The van der Waals surface area contributed by atoms with Crippen LogP contribution in [0.2, 0.25) is 0 Å². The van der Waals surface area contributed by atoms with Crippen molar-refractivity contribution in [3.8, 4) is 11.4 Å². The molecule has 0 bridgehead atoms. The molecule has 3 aromatic rings. The summed E-state index contributed by atoms with van der Waals surface area (Å²) in [5, 5.41) is 13.6. The van der Waals surface area contributed by atoms with Gasteiger partial charge in [-0.15, -0.1) is 5.10 Å². The molecular weight excluding hydrogens is 513 g/mol. The third-order valence-electron chi connectivity index (χ3n) is 6.60. The number of tetrazole rings is 1. The maximum Gasteiger partial charge on any atom is 0.453 e. The third-order valence-corrected chi connectivity index (χ3v) is 6.60. The van der Waals surface area contributed by atoms with Crippen molar-refractivity contribution in [3.63, 3.8) is 0 Å². The standard InChI is InChI=1S/C27H33F3N6O3/c1-17(20-15-19(11-12-23(20)38-5)36-24(27(28,29)30)32-33-34-36)31-22-13-14-35(25(37)39-26(2,3)4)16-21(22)18-9-7-6-8-10-18/h6-12,15,17,21-22,31H,13-14,16H2,1-5H3/t17-,21+,22+/m1/s1. The summed E-state index contributed by atoms with van der Waals surface area (Å²) in [6.45, 7) is 8.39. The van der Waals surface area contributed by atoms with E-state index in [9.17, 15) is 18.0 Å². The fourth-order valence-electron chi connectivity index (χ4n) is 4.82. The van der Waals surface area contributed by atoms with Crippen molar-refractivity contribution >= 4 is 6.09 Å². The molecule has 1 amide bonds. The van der Waals surface area contributed by atoms with E-state index in [-0.39, 0.29) is 29.8 Å². The lowest BCUT2D eigenvalue weighted by molar-refractivity contribution is -0.146. The SMILES string of the molecule is COc1ccc(-n2nnnc2C(F)(F)F)cc1[C@@H](C)N[C@H]1CCN(C(=O)OC(C)(C)C)C[C@H]1c1ccccc1. The number of rotatable bonds is 6. The van der Waals surface area contributed by atoms with Crippen LogP contribution in [0, 0.1) is 0 Å². The number of aromatic nitrogens is 4. The van der Waals surface area contributed by atoms with E-state index < -0.39 is 17.6 Å². The Hall–Kier alpha value is -3.67. The molecule has 210 valence electrons. The molecule has 1 aromatic heterocycles. The molecule has 1 aliphatic rings. The molecule has 0 spiro atoms. The molecule has 2 aromatic carbocycles. The summed E-state index contributed by atoms with van der Waals surface area (Å²) in [5.41, 5.74) is 1.28. The van der Waals surface area contributed by atoms with E-state index in [4.69, 9.17) is 9.47 Å². The number of carbonyl (C=O) groups is 1. The van der Waals surface area contributed by atoms with Gasteiger partial charge in [0.25, 0.3) is 5.82 Å². The number of halogens is 3. The average Bonchev–Trinajstić information content (AvgIpc) is 3.39. The molecule has 39 heavy (non-hydrogen) atoms. The van der Waals surface area contributed by atoms with Gasteiger partial charge in [-0.05, 0) is 68.3 Å². The molecule has 3 atom stereocenters. The van der Waals surface area contributed by atoms with Gasteiger partial charge in [-0.1, -0.05) is 30.3 Å². The number of amides is 1. The van der Waals surface area contributed by atoms with Crippen molar-refractivity contribution in [1.82, 2.24) is 30.4 Å². The number of hydrogen-bond acceptors (Lipinski definition) is 7. The van der Waals surface area contributed by atoms with E-state index in [0.29, 0.717) is 35.5 Å². The van der Waals surface area contributed by atoms with Gasteiger partial charge >= 0.3 is 12.3 Å². The molecule has 2 heterocycles. The molecule has 9 nitrogen and oxygen atoms in total. The highest BCUT2D eigenvalue weighted by molar-refractivity contribution is 5.68. The van der Waals surface area contributed by atoms with Crippen LogP contribution in [-0.2, 0) is 10.9 Å². The second-order valence-corrected chi connectivity index (χ2v) is 10.6. The minimum absolute atomic E-state index is 0.0341. The predicted octanol–water partition coefficient (Wildman–Crippen LogP) is 5.13. The molecular formula is C27H33F3N6O3. The van der Waals surface area contributed by atoms with Crippen LogP contribution in [-0.4, -0.2) is 63.0 Å². The van der Waals surface area contributed by atoms with Crippen LogP contribution in [0.5, 0.6) is 5.75 Å². The molecule has 0 aliphatic carbocycles. The summed E-state index contributed by atoms with van der Waals surface area (Å²) in [6.07, 6.45) is -4.42. The normalized spacial score (nSPS) is 19.0. The number of benzene rings is 2. The average molecular weight is 547 g/mol. The van der Waals surface area contributed by atoms with Crippen molar-refractivity contribution in [2.75, 3.05) is 20.2 Å². The first-order valence-corrected chi connectivity index (χ1v) is 12.7. The van der Waals surface area contributed by atoms with Crippen LogP contribution in [0.4, 0.5) is 18.0 Å². The highest BCUT2D eigenvalue weighted by Crippen LogP contribution is 2.34. The monoisotopic (exact) mass is 546 g/mol. The number of ether oxygens (including phenoxy) is 2. The first-order chi connectivity index (χ1) is 18.4. The fourth-order valence-corrected chi connectivity index (χ4v) is 4.82. The highest BCUT2D eigenvalue weighted by atomic mass is 19.4. The van der Waals surface area contributed by atoms with Gasteiger partial charge in [-0.2, -0.15) is 17.9 Å². The Morgan fingerprint density at radius 3 is 2.49 bits per heavy atom. The van der Waals surface area contributed by atoms with Crippen molar-refractivity contribution in [2.24, 2.45) is 0 Å². The zero-order valence-electron chi connectivity index (χ0n) is 22.6. The fraction of sp³-hybridized carbons (Fsp3) is 0.481. The molecule has 1 N–H and O–H groups in total. The number of nitrogens with zero attached hydrogens (tertiary/aromatic N) is 5. The van der Waals surface area contributed by atoms with Crippen LogP contribution in [0.15, 0.2) is 48.5 Å². The van der Waals surface area contributed by atoms with Gasteiger partial charge in [0.15, 0.2) is 0 Å². The van der Waals surface area contributed by atoms with Gasteiger partial charge in [0, 0.05) is 36.7 Å². The lowest BCUT2D eigenvalue weighted by Gasteiger charge is -2.41. The van der Waals surface area contributed by atoms with Crippen molar-refractivity contribution in [1.29, 1.82) is 0 Å². The third kappa shape index (κ3) is 6.67. The van der Waals surface area contributed by atoms with Crippen molar-refractivity contribution < 1.29 is 27.4 Å². The van der Waals surface area contributed by atoms with Gasteiger partial charge < -0.3 is 19.7 Å². The summed E-state index contributed by atoms with van der Waals surface area (Å²) in [6, 6.07) is 14.2. The summed E-state index contributed by atoms with van der Waals surface area (Å²) in [7, 11) is 1.51. The number of methoxy groups -OCH3 is 1. The molecule has 1 saturated heterocycles. The van der Waals surface area contributed by atoms with E-state index in [2.05, 4.69) is 20.8 Å². The zero-order valence-corrected chi connectivity index (χ0v) is 22.6. The minimum atomic E-state index is -4.71. The molecule has 1 fully saturated rings. The Morgan fingerprint density at radius 1 is 1.13 bits per heavy atom. The number of carbonyl (C=O) groups excluding carboxylic acids is 1. The second-order valence-electron chi connectivity index (χ2n) is 10.6. The number of hydrogen-bond donors (Lipinski definition) is 1. The summed E-state index contributed by atoms with van der Waals surface area (Å²) in [4.78, 5) is 14.6. The number of nitrogens with one attached hydrogen (secondary N) is 1. The van der Waals surface area contributed by atoms with E-state index in [1.165, 1.54) is 13.2 Å². The quantitative estimate of drug-likeness (QED) is 0.458. The molecule has 4 rings (SSSR count). The van der Waals surface area contributed by atoms with Crippen LogP contribution >= 0.6 is 0 Å². The van der Waals surface area contributed by atoms with E-state index in [0.717, 1.165) is 5.56 Å². The largest absolute Gasteiger partial charge is 0.496 e. The molecule has 0 unspecified atom stereocenters. The highest BCUT2D eigenvalue weighted by Gasteiger charge is 2.39. The second kappa shape index (κ2) is 11.2. The number of alkyl halides is 3. The maximum absolute atomic E-state index is 13.4.